The predicted octanol–water partition coefficient (Wildman–Crippen LogP) is 12.8. The summed E-state index contributed by atoms with van der Waals surface area (Å²) in [6, 6.07) is 55.1. The lowest BCUT2D eigenvalue weighted by Gasteiger charge is -2.10. The van der Waals surface area contributed by atoms with E-state index in [-0.39, 0.29) is 0 Å². The van der Waals surface area contributed by atoms with Gasteiger partial charge in [-0.1, -0.05) is 127 Å². The van der Waals surface area contributed by atoms with Gasteiger partial charge in [-0.2, -0.15) is 0 Å². The van der Waals surface area contributed by atoms with E-state index in [1.165, 1.54) is 25.7 Å². The lowest BCUT2D eigenvalue weighted by Crippen LogP contribution is -2.00. The zero-order chi connectivity index (χ0) is 33.9. The molecule has 0 atom stereocenters. The minimum absolute atomic E-state index is 0.595. The van der Waals surface area contributed by atoms with Gasteiger partial charge in [0.25, 0.3) is 0 Å². The van der Waals surface area contributed by atoms with Crippen molar-refractivity contribution in [1.29, 1.82) is 0 Å². The van der Waals surface area contributed by atoms with E-state index < -0.39 is 0 Å². The first-order valence-electron chi connectivity index (χ1n) is 17.0. The second kappa shape index (κ2) is 11.9. The Kier molecular flexibility index (Phi) is 6.86. The smallest absolute Gasteiger partial charge is 0.164 e. The molecule has 5 heteroatoms. The van der Waals surface area contributed by atoms with Gasteiger partial charge in [0, 0.05) is 47.6 Å². The van der Waals surface area contributed by atoms with Crippen LogP contribution in [0, 0.1) is 6.92 Å². The first-order chi connectivity index (χ1) is 25.1. The molecule has 0 fully saturated rings. The Morgan fingerprint density at radius 3 is 1.82 bits per heavy atom. The minimum Gasteiger partial charge on any atom is -0.456 e. The third kappa shape index (κ3) is 5.18. The number of benzene rings is 7. The summed E-state index contributed by atoms with van der Waals surface area (Å²) in [5, 5.41) is 4.67. The molecule has 0 bridgehead atoms. The van der Waals surface area contributed by atoms with Gasteiger partial charge in [0.2, 0.25) is 0 Å². The molecule has 0 aliphatic heterocycles. The van der Waals surface area contributed by atoms with Crippen LogP contribution in [-0.2, 0) is 0 Å². The van der Waals surface area contributed by atoms with E-state index in [4.69, 9.17) is 19.4 Å². The number of thiophene rings is 1. The van der Waals surface area contributed by atoms with Gasteiger partial charge < -0.3 is 4.42 Å². The number of hydrogen-bond acceptors (Lipinski definition) is 5. The van der Waals surface area contributed by atoms with E-state index >= 15 is 0 Å². The standard InChI is InChI=1S/C46H29N3OS/c1-28-10-7-13-30(24-28)31-14-8-15-32(25-31)44-47-45(49-46(48-44)34-20-22-37-36-16-5-6-19-41(36)51-42(37)27-34)33-21-23-38-40(26-33)50-39-18-9-17-35(43(38)39)29-11-3-2-4-12-29/h2-27H,1H3. The zero-order valence-electron chi connectivity index (χ0n) is 27.7. The van der Waals surface area contributed by atoms with Gasteiger partial charge in [-0.15, -0.1) is 11.3 Å². The topological polar surface area (TPSA) is 51.8 Å². The number of rotatable bonds is 5. The Balaban J connectivity index is 1.15. The summed E-state index contributed by atoms with van der Waals surface area (Å²) < 4.78 is 8.96. The normalized spacial score (nSPS) is 11.6. The van der Waals surface area contributed by atoms with E-state index in [0.29, 0.717) is 17.5 Å². The highest BCUT2D eigenvalue weighted by atomic mass is 32.1. The van der Waals surface area contributed by atoms with Crippen molar-refractivity contribution >= 4 is 53.4 Å². The van der Waals surface area contributed by atoms with Gasteiger partial charge in [-0.25, -0.2) is 15.0 Å². The van der Waals surface area contributed by atoms with Crippen LogP contribution in [0.5, 0.6) is 0 Å². The average Bonchev–Trinajstić information content (AvgIpc) is 3.76. The van der Waals surface area contributed by atoms with Gasteiger partial charge in [-0.3, -0.25) is 0 Å². The van der Waals surface area contributed by atoms with Gasteiger partial charge in [-0.05, 0) is 65.6 Å². The number of furan rings is 1. The molecule has 0 unspecified atom stereocenters. The second-order valence-electron chi connectivity index (χ2n) is 12.9. The monoisotopic (exact) mass is 671 g/mol. The van der Waals surface area contributed by atoms with E-state index in [1.807, 2.05) is 12.1 Å². The Hall–Kier alpha value is -6.43. The number of fused-ring (bicyclic) bond motifs is 6. The summed E-state index contributed by atoms with van der Waals surface area (Å²) in [5.41, 5.74) is 10.2. The van der Waals surface area contributed by atoms with Gasteiger partial charge >= 0.3 is 0 Å². The van der Waals surface area contributed by atoms with Crippen LogP contribution < -0.4 is 0 Å². The summed E-state index contributed by atoms with van der Waals surface area (Å²) in [6.07, 6.45) is 0. The van der Waals surface area contributed by atoms with E-state index in [2.05, 4.69) is 153 Å². The highest BCUT2D eigenvalue weighted by Gasteiger charge is 2.17. The molecule has 0 spiro atoms. The first kappa shape index (κ1) is 29.5. The van der Waals surface area contributed by atoms with Crippen molar-refractivity contribution in [3.05, 3.63) is 163 Å². The van der Waals surface area contributed by atoms with Crippen LogP contribution in [0.2, 0.25) is 0 Å². The molecule has 0 amide bonds. The molecular formula is C46H29N3OS. The summed E-state index contributed by atoms with van der Waals surface area (Å²) >= 11 is 1.79. The number of aryl methyl sites for hydroxylation is 1. The summed E-state index contributed by atoms with van der Waals surface area (Å²) in [6.45, 7) is 2.12. The van der Waals surface area contributed by atoms with Crippen LogP contribution in [0.15, 0.2) is 162 Å². The van der Waals surface area contributed by atoms with Crippen molar-refractivity contribution < 1.29 is 4.42 Å². The minimum atomic E-state index is 0.595. The predicted molar refractivity (Wildman–Crippen MR) is 212 cm³/mol. The fraction of sp³-hybridized carbons (Fsp3) is 0.0217. The van der Waals surface area contributed by atoms with Crippen molar-refractivity contribution in [3.63, 3.8) is 0 Å². The Morgan fingerprint density at radius 1 is 0.412 bits per heavy atom. The number of hydrogen-bond donors (Lipinski definition) is 0. The van der Waals surface area contributed by atoms with Crippen molar-refractivity contribution in [1.82, 2.24) is 15.0 Å². The molecule has 51 heavy (non-hydrogen) atoms. The van der Waals surface area contributed by atoms with Crippen LogP contribution in [0.3, 0.4) is 0 Å². The maximum absolute atomic E-state index is 6.49. The van der Waals surface area contributed by atoms with E-state index in [9.17, 15) is 0 Å². The largest absolute Gasteiger partial charge is 0.456 e. The second-order valence-corrected chi connectivity index (χ2v) is 14.0. The van der Waals surface area contributed by atoms with Gasteiger partial charge in [0.1, 0.15) is 11.2 Å². The van der Waals surface area contributed by atoms with Crippen molar-refractivity contribution in [2.75, 3.05) is 0 Å². The molecule has 4 nitrogen and oxygen atoms in total. The molecule has 0 saturated heterocycles. The third-order valence-corrected chi connectivity index (χ3v) is 10.7. The SMILES string of the molecule is Cc1cccc(-c2cccc(-c3nc(-c4ccc5c(c4)oc4cccc(-c6ccccc6)c45)nc(-c4ccc5c(c4)sc4ccccc45)n3)c2)c1. The molecule has 7 aromatic carbocycles. The highest BCUT2D eigenvalue weighted by molar-refractivity contribution is 7.25. The van der Waals surface area contributed by atoms with Crippen LogP contribution in [-0.4, -0.2) is 15.0 Å². The van der Waals surface area contributed by atoms with Crippen molar-refractivity contribution in [3.8, 4) is 56.4 Å². The molecule has 240 valence electrons. The number of aromatic nitrogens is 3. The van der Waals surface area contributed by atoms with Crippen LogP contribution in [0.25, 0.3) is 98.5 Å². The molecule has 0 aliphatic carbocycles. The third-order valence-electron chi connectivity index (χ3n) is 9.58. The molecular weight excluding hydrogens is 643 g/mol. The lowest BCUT2D eigenvalue weighted by molar-refractivity contribution is 0.669. The Morgan fingerprint density at radius 2 is 1.02 bits per heavy atom. The quantitative estimate of drug-likeness (QED) is 0.183. The Labute approximate surface area is 298 Å². The van der Waals surface area contributed by atoms with Crippen molar-refractivity contribution in [2.24, 2.45) is 0 Å². The maximum atomic E-state index is 6.49. The Bertz CT molecular complexity index is 2940. The molecule has 10 rings (SSSR count). The number of nitrogens with zero attached hydrogens (tertiary/aromatic N) is 3. The van der Waals surface area contributed by atoms with Crippen LogP contribution in [0.1, 0.15) is 5.56 Å². The molecule has 0 N–H and O–H groups in total. The van der Waals surface area contributed by atoms with Crippen molar-refractivity contribution in [2.45, 2.75) is 6.92 Å². The maximum Gasteiger partial charge on any atom is 0.164 e. The van der Waals surface area contributed by atoms with Crippen LogP contribution >= 0.6 is 11.3 Å². The zero-order valence-corrected chi connectivity index (χ0v) is 28.5. The molecule has 0 radical (unpaired) electrons. The highest BCUT2D eigenvalue weighted by Crippen LogP contribution is 2.39. The van der Waals surface area contributed by atoms with E-state index in [1.54, 1.807) is 11.3 Å². The molecule has 0 aliphatic rings. The molecule has 0 saturated carbocycles. The first-order valence-corrected chi connectivity index (χ1v) is 17.8. The van der Waals surface area contributed by atoms with E-state index in [0.717, 1.165) is 60.9 Å². The molecule has 3 heterocycles. The van der Waals surface area contributed by atoms with Gasteiger partial charge in [0.15, 0.2) is 17.5 Å². The summed E-state index contributed by atoms with van der Waals surface area (Å²) in [7, 11) is 0. The van der Waals surface area contributed by atoms with Crippen LogP contribution in [0.4, 0.5) is 0 Å². The summed E-state index contributed by atoms with van der Waals surface area (Å²) in [4.78, 5) is 15.3. The van der Waals surface area contributed by atoms with Gasteiger partial charge in [0.05, 0.1) is 0 Å². The lowest BCUT2D eigenvalue weighted by atomic mass is 9.99. The average molecular weight is 672 g/mol. The summed E-state index contributed by atoms with van der Waals surface area (Å²) in [5.74, 6) is 1.85. The fourth-order valence-electron chi connectivity index (χ4n) is 7.11. The molecule has 10 aromatic rings. The molecule has 3 aromatic heterocycles. The fourth-order valence-corrected chi connectivity index (χ4v) is 8.26.